The third-order valence-corrected chi connectivity index (χ3v) is 4.94. The molecule has 0 bridgehead atoms. The van der Waals surface area contributed by atoms with Crippen LogP contribution in [0.15, 0.2) is 24.3 Å². The van der Waals surface area contributed by atoms with Crippen molar-refractivity contribution in [2.75, 3.05) is 6.61 Å². The summed E-state index contributed by atoms with van der Waals surface area (Å²) in [7, 11) is 0. The molecule has 0 aromatic heterocycles. The average Bonchev–Trinajstić information content (AvgIpc) is 3.20. The van der Waals surface area contributed by atoms with Gasteiger partial charge < -0.3 is 15.2 Å². The Morgan fingerprint density at radius 1 is 1.23 bits per heavy atom. The van der Waals surface area contributed by atoms with Gasteiger partial charge in [-0.05, 0) is 56.7 Å². The van der Waals surface area contributed by atoms with E-state index in [1.807, 2.05) is 18.2 Å². The largest absolute Gasteiger partial charge is 0.490 e. The van der Waals surface area contributed by atoms with Crippen LogP contribution in [0, 0.1) is 0 Å². The standard InChI is InChI=1S/C18H25NO3/c20-13-18(10-3-4-11-18)19-17(21)14-6-5-9-16(12-14)22-15-7-1-2-8-15/h5-6,9,12,15,20H,1-4,7-8,10-11,13H2,(H,19,21). The van der Waals surface area contributed by atoms with Crippen molar-refractivity contribution in [1.82, 2.24) is 5.32 Å². The summed E-state index contributed by atoms with van der Waals surface area (Å²) < 4.78 is 5.96. The maximum atomic E-state index is 12.5. The minimum Gasteiger partial charge on any atom is -0.490 e. The highest BCUT2D eigenvalue weighted by atomic mass is 16.5. The van der Waals surface area contributed by atoms with Crippen molar-refractivity contribution in [3.63, 3.8) is 0 Å². The third-order valence-electron chi connectivity index (χ3n) is 4.94. The molecule has 0 unspecified atom stereocenters. The second-order valence-corrected chi connectivity index (χ2v) is 6.65. The lowest BCUT2D eigenvalue weighted by Crippen LogP contribution is -2.49. The second-order valence-electron chi connectivity index (χ2n) is 6.65. The smallest absolute Gasteiger partial charge is 0.251 e. The Hall–Kier alpha value is -1.55. The van der Waals surface area contributed by atoms with Gasteiger partial charge in [0, 0.05) is 5.56 Å². The third kappa shape index (κ3) is 3.43. The number of hydrogen-bond acceptors (Lipinski definition) is 3. The number of carbonyl (C=O) groups is 1. The molecule has 4 nitrogen and oxygen atoms in total. The van der Waals surface area contributed by atoms with Crippen molar-refractivity contribution in [2.24, 2.45) is 0 Å². The fraction of sp³-hybridized carbons (Fsp3) is 0.611. The highest BCUT2D eigenvalue weighted by molar-refractivity contribution is 5.95. The van der Waals surface area contributed by atoms with Crippen molar-refractivity contribution in [3.8, 4) is 5.75 Å². The van der Waals surface area contributed by atoms with Crippen LogP contribution in [0.25, 0.3) is 0 Å². The molecule has 1 aromatic rings. The van der Waals surface area contributed by atoms with Gasteiger partial charge in [0.15, 0.2) is 0 Å². The van der Waals surface area contributed by atoms with Crippen molar-refractivity contribution >= 4 is 5.91 Å². The minimum atomic E-state index is -0.431. The van der Waals surface area contributed by atoms with E-state index in [0.29, 0.717) is 5.56 Å². The first-order valence-corrected chi connectivity index (χ1v) is 8.41. The van der Waals surface area contributed by atoms with Gasteiger partial charge in [0.05, 0.1) is 18.2 Å². The van der Waals surface area contributed by atoms with Crippen LogP contribution in [-0.2, 0) is 0 Å². The summed E-state index contributed by atoms with van der Waals surface area (Å²) in [6, 6.07) is 7.39. The lowest BCUT2D eigenvalue weighted by molar-refractivity contribution is 0.0837. The SMILES string of the molecule is O=C(NC1(CO)CCCC1)c1cccc(OC2CCCC2)c1. The number of benzene rings is 1. The predicted molar refractivity (Wildman–Crippen MR) is 85.1 cm³/mol. The average molecular weight is 303 g/mol. The van der Waals surface area contributed by atoms with Crippen LogP contribution in [0.5, 0.6) is 5.75 Å². The summed E-state index contributed by atoms with van der Waals surface area (Å²) in [5, 5.41) is 12.7. The molecule has 22 heavy (non-hydrogen) atoms. The molecule has 2 fully saturated rings. The Morgan fingerprint density at radius 2 is 1.95 bits per heavy atom. The van der Waals surface area contributed by atoms with E-state index in [9.17, 15) is 9.90 Å². The second kappa shape index (κ2) is 6.69. The number of rotatable bonds is 5. The maximum Gasteiger partial charge on any atom is 0.251 e. The van der Waals surface area contributed by atoms with Crippen molar-refractivity contribution < 1.29 is 14.6 Å². The zero-order chi connectivity index (χ0) is 15.4. The molecule has 4 heteroatoms. The number of nitrogens with one attached hydrogen (secondary N) is 1. The Kier molecular flexibility index (Phi) is 4.67. The minimum absolute atomic E-state index is 0.0109. The molecule has 0 atom stereocenters. The molecule has 120 valence electrons. The molecule has 0 spiro atoms. The Morgan fingerprint density at radius 3 is 2.64 bits per heavy atom. The lowest BCUT2D eigenvalue weighted by Gasteiger charge is -2.28. The molecule has 2 saturated carbocycles. The van der Waals surface area contributed by atoms with E-state index in [4.69, 9.17) is 4.74 Å². The van der Waals surface area contributed by atoms with Gasteiger partial charge in [0.2, 0.25) is 0 Å². The molecule has 2 N–H and O–H groups in total. The van der Waals surface area contributed by atoms with E-state index in [1.54, 1.807) is 6.07 Å². The molecular weight excluding hydrogens is 278 g/mol. The van der Waals surface area contributed by atoms with Gasteiger partial charge in [-0.2, -0.15) is 0 Å². The van der Waals surface area contributed by atoms with E-state index >= 15 is 0 Å². The monoisotopic (exact) mass is 303 g/mol. The van der Waals surface area contributed by atoms with Gasteiger partial charge in [0.1, 0.15) is 5.75 Å². The van der Waals surface area contributed by atoms with Gasteiger partial charge in [-0.25, -0.2) is 0 Å². The molecular formula is C18H25NO3. The molecule has 2 aliphatic carbocycles. The highest BCUT2D eigenvalue weighted by Gasteiger charge is 2.34. The molecule has 0 radical (unpaired) electrons. The van der Waals surface area contributed by atoms with Crippen molar-refractivity contribution in [3.05, 3.63) is 29.8 Å². The highest BCUT2D eigenvalue weighted by Crippen LogP contribution is 2.30. The summed E-state index contributed by atoms with van der Waals surface area (Å²) in [5.74, 6) is 0.650. The van der Waals surface area contributed by atoms with Crippen LogP contribution in [0.2, 0.25) is 0 Å². The van der Waals surface area contributed by atoms with Gasteiger partial charge in [-0.3, -0.25) is 4.79 Å². The molecule has 1 aromatic carbocycles. The van der Waals surface area contributed by atoms with E-state index < -0.39 is 5.54 Å². The van der Waals surface area contributed by atoms with Crippen LogP contribution < -0.4 is 10.1 Å². The predicted octanol–water partition coefficient (Wildman–Crippen LogP) is 3.04. The summed E-state index contributed by atoms with van der Waals surface area (Å²) in [4.78, 5) is 12.5. The fourth-order valence-corrected chi connectivity index (χ4v) is 3.60. The summed E-state index contributed by atoms with van der Waals surface area (Å²) >= 11 is 0. The van der Waals surface area contributed by atoms with E-state index in [1.165, 1.54) is 12.8 Å². The Balaban J connectivity index is 1.66. The normalized spacial score (nSPS) is 21.0. The van der Waals surface area contributed by atoms with Crippen LogP contribution in [0.1, 0.15) is 61.7 Å². The van der Waals surface area contributed by atoms with Crippen molar-refractivity contribution in [1.29, 1.82) is 0 Å². The Bertz CT molecular complexity index is 517. The number of ether oxygens (including phenoxy) is 1. The summed E-state index contributed by atoms with van der Waals surface area (Å²) in [5.41, 5.74) is 0.176. The van der Waals surface area contributed by atoms with Crippen LogP contribution in [-0.4, -0.2) is 29.3 Å². The molecule has 0 saturated heterocycles. The fourth-order valence-electron chi connectivity index (χ4n) is 3.60. The first kappa shape index (κ1) is 15.3. The number of aliphatic hydroxyl groups is 1. The van der Waals surface area contributed by atoms with Crippen LogP contribution in [0.3, 0.4) is 0 Å². The van der Waals surface area contributed by atoms with Gasteiger partial charge in [-0.1, -0.05) is 18.9 Å². The quantitative estimate of drug-likeness (QED) is 0.879. The molecule has 0 aliphatic heterocycles. The van der Waals surface area contributed by atoms with Gasteiger partial charge in [-0.15, -0.1) is 0 Å². The number of carbonyl (C=O) groups excluding carboxylic acids is 1. The van der Waals surface area contributed by atoms with Gasteiger partial charge in [0.25, 0.3) is 5.91 Å². The molecule has 3 rings (SSSR count). The van der Waals surface area contributed by atoms with E-state index in [2.05, 4.69) is 5.32 Å². The zero-order valence-corrected chi connectivity index (χ0v) is 13.0. The summed E-state index contributed by atoms with van der Waals surface area (Å²) in [6.07, 6.45) is 8.78. The number of hydrogen-bond donors (Lipinski definition) is 2. The van der Waals surface area contributed by atoms with E-state index in [-0.39, 0.29) is 18.6 Å². The van der Waals surface area contributed by atoms with Crippen molar-refractivity contribution in [2.45, 2.75) is 63.0 Å². The van der Waals surface area contributed by atoms with Crippen LogP contribution in [0.4, 0.5) is 0 Å². The Labute approximate surface area is 131 Å². The molecule has 2 aliphatic rings. The first-order chi connectivity index (χ1) is 10.7. The van der Waals surface area contributed by atoms with E-state index in [0.717, 1.165) is 44.3 Å². The number of amides is 1. The zero-order valence-electron chi connectivity index (χ0n) is 13.0. The first-order valence-electron chi connectivity index (χ1n) is 8.41. The lowest BCUT2D eigenvalue weighted by atomic mass is 9.98. The molecule has 0 heterocycles. The maximum absolute atomic E-state index is 12.5. The topological polar surface area (TPSA) is 58.6 Å². The van der Waals surface area contributed by atoms with Crippen LogP contribution >= 0.6 is 0 Å². The van der Waals surface area contributed by atoms with Gasteiger partial charge >= 0.3 is 0 Å². The molecule has 1 amide bonds. The summed E-state index contributed by atoms with van der Waals surface area (Å²) in [6.45, 7) is 0.0109. The number of aliphatic hydroxyl groups excluding tert-OH is 1.